The lowest BCUT2D eigenvalue weighted by atomic mass is 9.81. The second-order valence-corrected chi connectivity index (χ2v) is 4.99. The highest BCUT2D eigenvalue weighted by molar-refractivity contribution is 5.01. The Kier molecular flexibility index (Phi) is 2.29. The average Bonchev–Trinajstić information content (AvgIpc) is 2.78. The van der Waals surface area contributed by atoms with Crippen LogP contribution in [0.3, 0.4) is 0 Å². The maximum Gasteiger partial charge on any atom is 0.0628 e. The Morgan fingerprint density at radius 2 is 2.15 bits per heavy atom. The molecule has 0 amide bonds. The van der Waals surface area contributed by atoms with E-state index in [0.717, 1.165) is 24.9 Å². The molecule has 2 nitrogen and oxygen atoms in total. The van der Waals surface area contributed by atoms with E-state index < -0.39 is 0 Å². The van der Waals surface area contributed by atoms with Gasteiger partial charge in [0.15, 0.2) is 0 Å². The van der Waals surface area contributed by atoms with Crippen molar-refractivity contribution in [2.45, 2.75) is 45.1 Å². The number of hydrogen-bond acceptors (Lipinski definition) is 2. The second-order valence-electron chi connectivity index (χ2n) is 4.99. The van der Waals surface area contributed by atoms with Gasteiger partial charge in [-0.05, 0) is 37.0 Å². The van der Waals surface area contributed by atoms with E-state index in [1.807, 2.05) is 0 Å². The topological polar surface area (TPSA) is 35.8 Å². The van der Waals surface area contributed by atoms with Gasteiger partial charge in [-0.25, -0.2) is 0 Å². The molecule has 0 atom stereocenters. The molecule has 0 aromatic heterocycles. The molecule has 72 valence electrons. The van der Waals surface area contributed by atoms with Crippen LogP contribution in [0.25, 0.3) is 0 Å². The summed E-state index contributed by atoms with van der Waals surface area (Å²) in [6, 6.07) is 3.05. The lowest BCUT2D eigenvalue weighted by Gasteiger charge is -2.34. The van der Waals surface area contributed by atoms with Crippen molar-refractivity contribution < 1.29 is 0 Å². The molecule has 0 aliphatic heterocycles. The summed E-state index contributed by atoms with van der Waals surface area (Å²) in [7, 11) is 0. The van der Waals surface area contributed by atoms with Crippen LogP contribution in [0.15, 0.2) is 0 Å². The van der Waals surface area contributed by atoms with Crippen molar-refractivity contribution in [3.63, 3.8) is 0 Å². The van der Waals surface area contributed by atoms with Gasteiger partial charge >= 0.3 is 0 Å². The summed E-state index contributed by atoms with van der Waals surface area (Å²) in [6.45, 7) is 3.39. The highest BCUT2D eigenvalue weighted by Crippen LogP contribution is 2.48. The van der Waals surface area contributed by atoms with Crippen LogP contribution in [0.2, 0.25) is 0 Å². The highest BCUT2D eigenvalue weighted by Gasteiger charge is 2.42. The number of nitriles is 1. The molecule has 0 radical (unpaired) electrons. The van der Waals surface area contributed by atoms with E-state index in [4.69, 9.17) is 5.26 Å². The lowest BCUT2D eigenvalue weighted by Crippen LogP contribution is -2.42. The van der Waals surface area contributed by atoms with Gasteiger partial charge < -0.3 is 5.32 Å². The Balaban J connectivity index is 1.66. The minimum absolute atomic E-state index is 0.383. The van der Waals surface area contributed by atoms with Crippen molar-refractivity contribution in [2.75, 3.05) is 6.54 Å². The zero-order valence-electron chi connectivity index (χ0n) is 8.34. The van der Waals surface area contributed by atoms with E-state index in [1.54, 1.807) is 0 Å². The Bertz CT molecular complexity index is 219. The zero-order chi connectivity index (χ0) is 9.31. The smallest absolute Gasteiger partial charge is 0.0628 e. The normalized spacial score (nSPS) is 34.8. The van der Waals surface area contributed by atoms with Gasteiger partial charge in [0.1, 0.15) is 0 Å². The van der Waals surface area contributed by atoms with Crippen LogP contribution in [0, 0.1) is 22.7 Å². The van der Waals surface area contributed by atoms with E-state index in [0.29, 0.717) is 5.41 Å². The molecule has 1 N–H and O–H groups in total. The molecule has 2 aliphatic carbocycles. The zero-order valence-corrected chi connectivity index (χ0v) is 8.34. The maximum absolute atomic E-state index is 8.64. The molecule has 2 heteroatoms. The summed E-state index contributed by atoms with van der Waals surface area (Å²) >= 11 is 0. The number of hydrogen-bond donors (Lipinski definition) is 1. The Morgan fingerprint density at radius 1 is 1.46 bits per heavy atom. The molecule has 0 aromatic carbocycles. The van der Waals surface area contributed by atoms with Crippen LogP contribution in [-0.2, 0) is 0 Å². The lowest BCUT2D eigenvalue weighted by molar-refractivity contribution is 0.228. The third-order valence-electron chi connectivity index (χ3n) is 3.55. The van der Waals surface area contributed by atoms with Gasteiger partial charge in [-0.1, -0.05) is 6.92 Å². The van der Waals surface area contributed by atoms with Gasteiger partial charge in [-0.3, -0.25) is 0 Å². The van der Waals surface area contributed by atoms with Crippen LogP contribution in [0.1, 0.15) is 39.0 Å². The minimum Gasteiger partial charge on any atom is -0.313 e. The molecule has 2 aliphatic rings. The first-order valence-corrected chi connectivity index (χ1v) is 5.34. The molecule has 2 rings (SSSR count). The largest absolute Gasteiger partial charge is 0.313 e. The fourth-order valence-electron chi connectivity index (χ4n) is 2.19. The Morgan fingerprint density at radius 3 is 2.62 bits per heavy atom. The molecule has 0 unspecified atom stereocenters. The fourth-order valence-corrected chi connectivity index (χ4v) is 2.19. The number of nitrogens with zero attached hydrogens (tertiary/aromatic N) is 1. The number of nitrogens with one attached hydrogen (secondary N) is 1. The Labute approximate surface area is 80.3 Å². The predicted molar refractivity (Wildman–Crippen MR) is 52.1 cm³/mol. The maximum atomic E-state index is 8.64. The molecular weight excluding hydrogens is 160 g/mol. The third kappa shape index (κ3) is 2.03. The van der Waals surface area contributed by atoms with E-state index in [2.05, 4.69) is 18.3 Å². The van der Waals surface area contributed by atoms with Gasteiger partial charge in [-0.15, -0.1) is 0 Å². The summed E-state index contributed by atoms with van der Waals surface area (Å²) < 4.78 is 0. The van der Waals surface area contributed by atoms with Crippen LogP contribution >= 0.6 is 0 Å². The van der Waals surface area contributed by atoms with Gasteiger partial charge in [0.05, 0.1) is 6.07 Å². The van der Waals surface area contributed by atoms with E-state index in [9.17, 15) is 0 Å². The summed E-state index contributed by atoms with van der Waals surface area (Å²) in [4.78, 5) is 0. The predicted octanol–water partition coefficient (Wildman–Crippen LogP) is 2.07. The van der Waals surface area contributed by atoms with E-state index >= 15 is 0 Å². The molecule has 0 spiro atoms. The average molecular weight is 178 g/mol. The summed E-state index contributed by atoms with van der Waals surface area (Å²) in [6.07, 6.45) is 5.94. The van der Waals surface area contributed by atoms with Gasteiger partial charge in [0.25, 0.3) is 0 Å². The van der Waals surface area contributed by atoms with Crippen molar-refractivity contribution in [3.8, 4) is 6.07 Å². The van der Waals surface area contributed by atoms with Gasteiger partial charge in [-0.2, -0.15) is 5.26 Å². The van der Waals surface area contributed by atoms with Crippen LogP contribution in [0.4, 0.5) is 0 Å². The van der Waals surface area contributed by atoms with Crippen LogP contribution in [0.5, 0.6) is 0 Å². The summed E-state index contributed by atoms with van der Waals surface area (Å²) in [5.74, 6) is 0.920. The van der Waals surface area contributed by atoms with Gasteiger partial charge in [0.2, 0.25) is 0 Å². The second kappa shape index (κ2) is 3.31. The first-order chi connectivity index (χ1) is 6.24. The highest BCUT2D eigenvalue weighted by atomic mass is 14.9. The Hall–Kier alpha value is -0.550. The fraction of sp³-hybridized carbons (Fsp3) is 0.909. The molecular formula is C11H18N2. The third-order valence-corrected chi connectivity index (χ3v) is 3.55. The van der Waals surface area contributed by atoms with Crippen molar-refractivity contribution >= 4 is 0 Å². The van der Waals surface area contributed by atoms with E-state index in [-0.39, 0.29) is 0 Å². The SMILES string of the molecule is CC1CC(NCC2(CC#N)CC2)C1. The first-order valence-electron chi connectivity index (χ1n) is 5.34. The molecule has 0 saturated heterocycles. The standard InChI is InChI=1S/C11H18N2/c1-9-6-10(7-9)13-8-11(2-3-11)4-5-12/h9-10,13H,2-4,6-8H2,1H3. The minimum atomic E-state index is 0.383. The van der Waals surface area contributed by atoms with Crippen molar-refractivity contribution in [1.29, 1.82) is 5.26 Å². The van der Waals surface area contributed by atoms with Gasteiger partial charge in [0, 0.05) is 19.0 Å². The van der Waals surface area contributed by atoms with Crippen LogP contribution < -0.4 is 5.32 Å². The molecule has 13 heavy (non-hydrogen) atoms. The number of rotatable bonds is 4. The molecule has 0 bridgehead atoms. The molecule has 2 saturated carbocycles. The quantitative estimate of drug-likeness (QED) is 0.715. The summed E-state index contributed by atoms with van der Waals surface area (Å²) in [5, 5.41) is 12.2. The first kappa shape index (κ1) is 9.02. The molecule has 0 aromatic rings. The van der Waals surface area contributed by atoms with Crippen molar-refractivity contribution in [1.82, 2.24) is 5.32 Å². The summed E-state index contributed by atoms with van der Waals surface area (Å²) in [5.41, 5.74) is 0.383. The monoisotopic (exact) mass is 178 g/mol. The molecule has 2 fully saturated rings. The van der Waals surface area contributed by atoms with Crippen molar-refractivity contribution in [3.05, 3.63) is 0 Å². The van der Waals surface area contributed by atoms with Crippen LogP contribution in [-0.4, -0.2) is 12.6 Å². The van der Waals surface area contributed by atoms with Crippen molar-refractivity contribution in [2.24, 2.45) is 11.3 Å². The van der Waals surface area contributed by atoms with E-state index in [1.165, 1.54) is 25.7 Å². The molecule has 0 heterocycles.